The number of primary amides is 1. The molecule has 0 saturated heterocycles. The van der Waals surface area contributed by atoms with Crippen LogP contribution in [-0.4, -0.2) is 24.9 Å². The fourth-order valence-electron chi connectivity index (χ4n) is 2.20. The van der Waals surface area contributed by atoms with Crippen molar-refractivity contribution >= 4 is 5.91 Å². The summed E-state index contributed by atoms with van der Waals surface area (Å²) in [5, 5.41) is 0. The lowest BCUT2D eigenvalue weighted by Crippen LogP contribution is -2.42. The van der Waals surface area contributed by atoms with Gasteiger partial charge in [0.25, 0.3) is 0 Å². The molecule has 0 aromatic heterocycles. The highest BCUT2D eigenvalue weighted by atomic mass is 16.7. The Labute approximate surface area is 91.1 Å². The molecule has 4 heteroatoms. The fourth-order valence-corrected chi connectivity index (χ4v) is 2.20. The molecular formula is C11H21NO3. The Bertz CT molecular complexity index is 202. The molecule has 1 fully saturated rings. The van der Waals surface area contributed by atoms with Crippen molar-refractivity contribution in [2.24, 2.45) is 11.7 Å². The van der Waals surface area contributed by atoms with E-state index in [9.17, 15) is 4.79 Å². The van der Waals surface area contributed by atoms with Crippen LogP contribution in [0.15, 0.2) is 0 Å². The van der Waals surface area contributed by atoms with Crippen molar-refractivity contribution in [1.82, 2.24) is 0 Å². The minimum absolute atomic E-state index is 0.000891. The first-order valence-electron chi connectivity index (χ1n) is 5.70. The summed E-state index contributed by atoms with van der Waals surface area (Å²) in [6, 6.07) is 0. The molecule has 1 aliphatic rings. The molecule has 0 aromatic carbocycles. The third-order valence-electron chi connectivity index (χ3n) is 2.96. The van der Waals surface area contributed by atoms with Crippen molar-refractivity contribution in [2.75, 3.05) is 13.2 Å². The fraction of sp³-hybridized carbons (Fsp3) is 0.909. The zero-order valence-corrected chi connectivity index (χ0v) is 9.62. The highest BCUT2D eigenvalue weighted by Gasteiger charge is 2.38. The van der Waals surface area contributed by atoms with E-state index < -0.39 is 5.79 Å². The van der Waals surface area contributed by atoms with Gasteiger partial charge in [-0.3, -0.25) is 4.79 Å². The molecule has 0 bridgehead atoms. The SMILES string of the molecule is CCOC1(OCC)CCC(C(N)=O)CC1. The average molecular weight is 215 g/mol. The maximum Gasteiger partial charge on any atom is 0.220 e. The van der Waals surface area contributed by atoms with Crippen LogP contribution in [0.2, 0.25) is 0 Å². The number of carbonyl (C=O) groups is 1. The normalized spacial score (nSPS) is 21.5. The Hall–Kier alpha value is -0.610. The molecular weight excluding hydrogens is 194 g/mol. The summed E-state index contributed by atoms with van der Waals surface area (Å²) in [4.78, 5) is 11.0. The molecule has 1 aliphatic carbocycles. The number of ether oxygens (including phenoxy) is 2. The maximum atomic E-state index is 11.0. The molecule has 0 aliphatic heterocycles. The van der Waals surface area contributed by atoms with Crippen molar-refractivity contribution in [3.05, 3.63) is 0 Å². The van der Waals surface area contributed by atoms with E-state index in [0.29, 0.717) is 13.2 Å². The monoisotopic (exact) mass is 215 g/mol. The van der Waals surface area contributed by atoms with Crippen LogP contribution in [0.3, 0.4) is 0 Å². The van der Waals surface area contributed by atoms with Gasteiger partial charge in [-0.05, 0) is 26.7 Å². The Morgan fingerprint density at radius 3 is 2.07 bits per heavy atom. The number of amides is 1. The molecule has 0 unspecified atom stereocenters. The van der Waals surface area contributed by atoms with Gasteiger partial charge in [0, 0.05) is 32.0 Å². The Morgan fingerprint density at radius 2 is 1.73 bits per heavy atom. The van der Waals surface area contributed by atoms with E-state index in [1.54, 1.807) is 0 Å². The van der Waals surface area contributed by atoms with Crippen LogP contribution in [0.25, 0.3) is 0 Å². The minimum Gasteiger partial charge on any atom is -0.369 e. The summed E-state index contributed by atoms with van der Waals surface area (Å²) in [5.74, 6) is -0.661. The van der Waals surface area contributed by atoms with Gasteiger partial charge in [0.15, 0.2) is 5.79 Å². The topological polar surface area (TPSA) is 61.6 Å². The minimum atomic E-state index is -0.463. The number of nitrogens with two attached hydrogens (primary N) is 1. The Kier molecular flexibility index (Phi) is 4.54. The first kappa shape index (κ1) is 12.5. The van der Waals surface area contributed by atoms with Crippen LogP contribution in [0.5, 0.6) is 0 Å². The van der Waals surface area contributed by atoms with Gasteiger partial charge in [0.2, 0.25) is 5.91 Å². The second-order valence-corrected chi connectivity index (χ2v) is 3.95. The van der Waals surface area contributed by atoms with Crippen LogP contribution in [0.4, 0.5) is 0 Å². The van der Waals surface area contributed by atoms with Gasteiger partial charge in [-0.2, -0.15) is 0 Å². The van der Waals surface area contributed by atoms with Gasteiger partial charge >= 0.3 is 0 Å². The molecule has 0 radical (unpaired) electrons. The Balaban J connectivity index is 2.52. The zero-order valence-electron chi connectivity index (χ0n) is 9.62. The second kappa shape index (κ2) is 5.47. The average Bonchev–Trinajstić information content (AvgIpc) is 2.19. The summed E-state index contributed by atoms with van der Waals surface area (Å²) in [6.45, 7) is 5.20. The number of hydrogen-bond acceptors (Lipinski definition) is 3. The van der Waals surface area contributed by atoms with Gasteiger partial charge in [0.05, 0.1) is 0 Å². The first-order chi connectivity index (χ1) is 7.13. The number of carbonyl (C=O) groups excluding carboxylic acids is 1. The molecule has 4 nitrogen and oxygen atoms in total. The van der Waals surface area contributed by atoms with Crippen molar-refractivity contribution in [1.29, 1.82) is 0 Å². The van der Waals surface area contributed by atoms with E-state index >= 15 is 0 Å². The highest BCUT2D eigenvalue weighted by Crippen LogP contribution is 2.35. The summed E-state index contributed by atoms with van der Waals surface area (Å²) in [5.41, 5.74) is 5.28. The summed E-state index contributed by atoms with van der Waals surface area (Å²) < 4.78 is 11.3. The van der Waals surface area contributed by atoms with Crippen molar-refractivity contribution in [3.8, 4) is 0 Å². The predicted molar refractivity (Wildman–Crippen MR) is 57.1 cm³/mol. The van der Waals surface area contributed by atoms with Crippen molar-refractivity contribution in [2.45, 2.75) is 45.3 Å². The molecule has 1 saturated carbocycles. The van der Waals surface area contributed by atoms with E-state index in [1.807, 2.05) is 13.8 Å². The molecule has 0 heterocycles. The van der Waals surface area contributed by atoms with Gasteiger partial charge in [-0.15, -0.1) is 0 Å². The maximum absolute atomic E-state index is 11.0. The molecule has 1 rings (SSSR count). The van der Waals surface area contributed by atoms with Gasteiger partial charge < -0.3 is 15.2 Å². The van der Waals surface area contributed by atoms with E-state index in [2.05, 4.69) is 0 Å². The smallest absolute Gasteiger partial charge is 0.220 e. The lowest BCUT2D eigenvalue weighted by Gasteiger charge is -2.38. The van der Waals surface area contributed by atoms with Crippen LogP contribution in [-0.2, 0) is 14.3 Å². The van der Waals surface area contributed by atoms with Crippen LogP contribution in [0, 0.1) is 5.92 Å². The lowest BCUT2D eigenvalue weighted by molar-refractivity contribution is -0.251. The molecule has 15 heavy (non-hydrogen) atoms. The first-order valence-corrected chi connectivity index (χ1v) is 5.70. The number of hydrogen-bond donors (Lipinski definition) is 1. The van der Waals surface area contributed by atoms with Crippen molar-refractivity contribution in [3.63, 3.8) is 0 Å². The summed E-state index contributed by atoms with van der Waals surface area (Å²) >= 11 is 0. The lowest BCUT2D eigenvalue weighted by atomic mass is 9.84. The molecule has 0 aromatic rings. The summed E-state index contributed by atoms with van der Waals surface area (Å²) in [7, 11) is 0. The Morgan fingerprint density at radius 1 is 1.27 bits per heavy atom. The van der Waals surface area contributed by atoms with Crippen molar-refractivity contribution < 1.29 is 14.3 Å². The third-order valence-corrected chi connectivity index (χ3v) is 2.96. The van der Waals surface area contributed by atoms with Gasteiger partial charge in [-0.25, -0.2) is 0 Å². The quantitative estimate of drug-likeness (QED) is 0.706. The van der Waals surface area contributed by atoms with E-state index in [0.717, 1.165) is 25.7 Å². The zero-order chi connectivity index (χ0) is 11.3. The standard InChI is InChI=1S/C11H21NO3/c1-3-14-11(15-4-2)7-5-9(6-8-11)10(12)13/h9H,3-8H2,1-2H3,(H2,12,13). The largest absolute Gasteiger partial charge is 0.369 e. The van der Waals surface area contributed by atoms with Gasteiger partial charge in [-0.1, -0.05) is 0 Å². The van der Waals surface area contributed by atoms with E-state index in [1.165, 1.54) is 0 Å². The predicted octanol–water partition coefficient (Wildman–Crippen LogP) is 1.43. The molecule has 1 amide bonds. The second-order valence-electron chi connectivity index (χ2n) is 3.95. The number of rotatable bonds is 5. The van der Waals surface area contributed by atoms with E-state index in [4.69, 9.17) is 15.2 Å². The summed E-state index contributed by atoms with van der Waals surface area (Å²) in [6.07, 6.45) is 3.08. The van der Waals surface area contributed by atoms with Crippen LogP contribution < -0.4 is 5.73 Å². The van der Waals surface area contributed by atoms with Gasteiger partial charge in [0.1, 0.15) is 0 Å². The molecule has 2 N–H and O–H groups in total. The molecule has 0 atom stereocenters. The highest BCUT2D eigenvalue weighted by molar-refractivity contribution is 5.76. The van der Waals surface area contributed by atoms with E-state index in [-0.39, 0.29) is 11.8 Å². The molecule has 0 spiro atoms. The van der Waals surface area contributed by atoms with Crippen LogP contribution >= 0.6 is 0 Å². The molecule has 88 valence electrons. The van der Waals surface area contributed by atoms with Crippen LogP contribution in [0.1, 0.15) is 39.5 Å². The third kappa shape index (κ3) is 3.18.